The Hall–Kier alpha value is -0.820. The monoisotopic (exact) mass is 307 g/mol. The van der Waals surface area contributed by atoms with Gasteiger partial charge in [0, 0.05) is 32.4 Å². The van der Waals surface area contributed by atoms with Gasteiger partial charge in [-0.15, -0.1) is 12.4 Å². The molecule has 0 heterocycles. The van der Waals surface area contributed by atoms with Crippen molar-refractivity contribution >= 4 is 28.1 Å². The first-order chi connectivity index (χ1) is 8.36. The van der Waals surface area contributed by atoms with Gasteiger partial charge in [-0.05, 0) is 32.2 Å². The second-order valence-corrected chi connectivity index (χ2v) is 6.20. The van der Waals surface area contributed by atoms with Gasteiger partial charge in [-0.25, -0.2) is 13.1 Å². The first-order valence-corrected chi connectivity index (χ1v) is 7.29. The number of sulfonamides is 1. The summed E-state index contributed by atoms with van der Waals surface area (Å²) in [5.74, 6) is 0. The number of likely N-dealkylation sites (N-methyl/N-ethyl adjacent to an activating group) is 1. The number of rotatable bonds is 6. The lowest BCUT2D eigenvalue weighted by Crippen LogP contribution is -2.37. The van der Waals surface area contributed by atoms with Gasteiger partial charge in [0.2, 0.25) is 10.0 Å². The van der Waals surface area contributed by atoms with E-state index in [2.05, 4.69) is 10.0 Å². The molecule has 0 aliphatic carbocycles. The quantitative estimate of drug-likeness (QED) is 0.825. The van der Waals surface area contributed by atoms with Crippen molar-refractivity contribution in [1.82, 2.24) is 10.0 Å². The average molecular weight is 308 g/mol. The van der Waals surface area contributed by atoms with Crippen molar-refractivity contribution in [2.24, 2.45) is 0 Å². The highest BCUT2D eigenvalue weighted by Crippen LogP contribution is 2.17. The number of halogens is 1. The molecule has 1 aromatic carbocycles. The molecular weight excluding hydrogens is 286 g/mol. The van der Waals surface area contributed by atoms with Crippen molar-refractivity contribution in [1.29, 1.82) is 0 Å². The molecule has 0 aliphatic rings. The number of benzene rings is 1. The molecule has 0 fully saturated rings. The van der Waals surface area contributed by atoms with Crippen molar-refractivity contribution in [2.45, 2.75) is 17.9 Å². The third-order valence-corrected chi connectivity index (χ3v) is 4.14. The Bertz CT molecular complexity index is 492. The summed E-state index contributed by atoms with van der Waals surface area (Å²) in [6.07, 6.45) is 0. The van der Waals surface area contributed by atoms with E-state index in [9.17, 15) is 8.42 Å². The van der Waals surface area contributed by atoms with E-state index in [0.29, 0.717) is 6.54 Å². The highest BCUT2D eigenvalue weighted by molar-refractivity contribution is 7.89. The fourth-order valence-electron chi connectivity index (χ4n) is 1.35. The Morgan fingerprint density at radius 3 is 2.47 bits per heavy atom. The maximum absolute atomic E-state index is 12.1. The fourth-order valence-corrected chi connectivity index (χ4v) is 2.52. The van der Waals surface area contributed by atoms with Gasteiger partial charge in [-0.3, -0.25) is 0 Å². The Kier molecular flexibility index (Phi) is 7.36. The third-order valence-electron chi connectivity index (χ3n) is 2.72. The van der Waals surface area contributed by atoms with Gasteiger partial charge in [0.05, 0.1) is 4.90 Å². The summed E-state index contributed by atoms with van der Waals surface area (Å²) in [5.41, 5.74) is 0.861. The van der Waals surface area contributed by atoms with Crippen LogP contribution >= 0.6 is 12.4 Å². The van der Waals surface area contributed by atoms with Crippen LogP contribution in [0.1, 0.15) is 6.92 Å². The average Bonchev–Trinajstić information content (AvgIpc) is 2.36. The summed E-state index contributed by atoms with van der Waals surface area (Å²) in [7, 11) is 2.11. The summed E-state index contributed by atoms with van der Waals surface area (Å²) in [6, 6.07) is 6.96. The summed E-state index contributed by atoms with van der Waals surface area (Å²) in [6.45, 7) is 2.28. The van der Waals surface area contributed by atoms with Crippen LogP contribution < -0.4 is 14.9 Å². The zero-order valence-electron chi connectivity index (χ0n) is 11.7. The van der Waals surface area contributed by atoms with Crippen molar-refractivity contribution in [3.8, 4) is 0 Å². The van der Waals surface area contributed by atoms with Crippen LogP contribution in [0.2, 0.25) is 0 Å². The predicted molar refractivity (Wildman–Crippen MR) is 81.7 cm³/mol. The smallest absolute Gasteiger partial charge is 0.240 e. The van der Waals surface area contributed by atoms with Gasteiger partial charge in [-0.1, -0.05) is 6.07 Å². The van der Waals surface area contributed by atoms with Crippen LogP contribution in [-0.2, 0) is 10.0 Å². The molecule has 0 saturated heterocycles. The molecule has 1 aromatic rings. The Balaban J connectivity index is 0.00000324. The molecule has 0 spiro atoms. The predicted octanol–water partition coefficient (Wildman–Crippen LogP) is 1.06. The van der Waals surface area contributed by atoms with Crippen LogP contribution in [0, 0.1) is 0 Å². The summed E-state index contributed by atoms with van der Waals surface area (Å²) in [5, 5.41) is 2.98. The Labute approximate surface area is 121 Å². The maximum atomic E-state index is 12.1. The molecule has 7 heteroatoms. The molecule has 1 rings (SSSR count). The molecule has 110 valence electrons. The molecule has 0 saturated carbocycles. The summed E-state index contributed by atoms with van der Waals surface area (Å²) in [4.78, 5) is 2.16. The van der Waals surface area contributed by atoms with Gasteiger partial charge < -0.3 is 10.2 Å². The number of hydrogen-bond donors (Lipinski definition) is 2. The standard InChI is InChI=1S/C12H21N3O2S.ClH/c1-10(13-2)9-14-18(16,17)12-7-5-6-11(8-12)15(3)4;/h5-8,10,13-14H,9H2,1-4H3;1H. The number of hydrogen-bond acceptors (Lipinski definition) is 4. The molecule has 5 nitrogen and oxygen atoms in total. The minimum absolute atomic E-state index is 0. The summed E-state index contributed by atoms with van der Waals surface area (Å²) < 4.78 is 26.7. The van der Waals surface area contributed by atoms with Crippen LogP contribution in [0.25, 0.3) is 0 Å². The van der Waals surface area contributed by atoms with Gasteiger partial charge in [0.1, 0.15) is 0 Å². The number of nitrogens with one attached hydrogen (secondary N) is 2. The zero-order chi connectivity index (χ0) is 13.8. The number of nitrogens with zero attached hydrogens (tertiary/aromatic N) is 1. The van der Waals surface area contributed by atoms with E-state index in [0.717, 1.165) is 5.69 Å². The van der Waals surface area contributed by atoms with Crippen LogP contribution in [0.3, 0.4) is 0 Å². The molecule has 1 unspecified atom stereocenters. The van der Waals surface area contributed by atoms with E-state index in [1.807, 2.05) is 32.0 Å². The van der Waals surface area contributed by atoms with E-state index in [1.54, 1.807) is 25.2 Å². The van der Waals surface area contributed by atoms with Crippen LogP contribution in [0.15, 0.2) is 29.2 Å². The SMILES string of the molecule is CNC(C)CNS(=O)(=O)c1cccc(N(C)C)c1.Cl. The first-order valence-electron chi connectivity index (χ1n) is 5.81. The highest BCUT2D eigenvalue weighted by Gasteiger charge is 2.15. The first kappa shape index (κ1) is 18.2. The van der Waals surface area contributed by atoms with Gasteiger partial charge >= 0.3 is 0 Å². The molecule has 1 atom stereocenters. The van der Waals surface area contributed by atoms with E-state index in [1.165, 1.54) is 0 Å². The second-order valence-electron chi connectivity index (χ2n) is 4.43. The van der Waals surface area contributed by atoms with Crippen molar-refractivity contribution in [3.05, 3.63) is 24.3 Å². The lowest BCUT2D eigenvalue weighted by atomic mass is 10.3. The van der Waals surface area contributed by atoms with E-state index in [-0.39, 0.29) is 23.3 Å². The highest BCUT2D eigenvalue weighted by atomic mass is 35.5. The van der Waals surface area contributed by atoms with E-state index < -0.39 is 10.0 Å². The zero-order valence-corrected chi connectivity index (χ0v) is 13.3. The number of anilines is 1. The lowest BCUT2D eigenvalue weighted by molar-refractivity contribution is 0.554. The molecular formula is C12H22ClN3O2S. The van der Waals surface area contributed by atoms with Crippen LogP contribution in [-0.4, -0.2) is 42.1 Å². The second kappa shape index (κ2) is 7.69. The van der Waals surface area contributed by atoms with Crippen LogP contribution in [0.4, 0.5) is 5.69 Å². The van der Waals surface area contributed by atoms with Crippen molar-refractivity contribution in [3.63, 3.8) is 0 Å². The van der Waals surface area contributed by atoms with Gasteiger partial charge in [0.15, 0.2) is 0 Å². The maximum Gasteiger partial charge on any atom is 0.240 e. The molecule has 0 bridgehead atoms. The minimum Gasteiger partial charge on any atom is -0.378 e. The topological polar surface area (TPSA) is 61.4 Å². The summed E-state index contributed by atoms with van der Waals surface area (Å²) >= 11 is 0. The Morgan fingerprint density at radius 2 is 1.95 bits per heavy atom. The molecule has 0 aromatic heterocycles. The molecule has 0 aliphatic heterocycles. The van der Waals surface area contributed by atoms with Crippen LogP contribution in [0.5, 0.6) is 0 Å². The lowest BCUT2D eigenvalue weighted by Gasteiger charge is -2.15. The van der Waals surface area contributed by atoms with E-state index in [4.69, 9.17) is 0 Å². The van der Waals surface area contributed by atoms with Crippen molar-refractivity contribution in [2.75, 3.05) is 32.6 Å². The normalized spacial score (nSPS) is 12.6. The fraction of sp³-hybridized carbons (Fsp3) is 0.500. The largest absolute Gasteiger partial charge is 0.378 e. The van der Waals surface area contributed by atoms with Gasteiger partial charge in [0.25, 0.3) is 0 Å². The van der Waals surface area contributed by atoms with Gasteiger partial charge in [-0.2, -0.15) is 0 Å². The van der Waals surface area contributed by atoms with Crippen molar-refractivity contribution < 1.29 is 8.42 Å². The van der Waals surface area contributed by atoms with E-state index >= 15 is 0 Å². The molecule has 0 amide bonds. The molecule has 19 heavy (non-hydrogen) atoms. The minimum atomic E-state index is -3.44. The molecule has 0 radical (unpaired) electrons. The third kappa shape index (κ3) is 5.36. The Morgan fingerprint density at radius 1 is 1.32 bits per heavy atom. The molecule has 2 N–H and O–H groups in total.